The summed E-state index contributed by atoms with van der Waals surface area (Å²) in [6.07, 6.45) is 106. The Hall–Kier alpha value is -4.57. The van der Waals surface area contributed by atoms with E-state index < -0.39 is 91.5 Å². The fourth-order valence-electron chi connectivity index (χ4n) is 11.9. The van der Waals surface area contributed by atoms with E-state index in [1.807, 2.05) is 0 Å². The van der Waals surface area contributed by atoms with Crippen molar-refractivity contribution in [2.24, 2.45) is 0 Å². The molecule has 4 N–H and O–H groups in total. The second-order valence-corrected chi connectivity index (χ2v) is 32.2. The van der Waals surface area contributed by atoms with Gasteiger partial charge in [0.2, 0.25) is 0 Å². The van der Waals surface area contributed by atoms with Gasteiger partial charge in [-0.2, -0.15) is 0 Å². The molecule has 0 rings (SSSR count). The third-order valence-electron chi connectivity index (χ3n) is 18.5. The van der Waals surface area contributed by atoms with Gasteiger partial charge in [-0.15, -0.1) is 0 Å². The van der Waals surface area contributed by atoms with Crippen molar-refractivity contribution in [3.63, 3.8) is 0 Å². The topological polar surface area (TPSA) is 231 Å². The van der Waals surface area contributed by atoms with E-state index in [4.69, 9.17) is 32.3 Å². The fraction of sp³-hybridized carbons (Fsp3) is 0.710. The zero-order chi connectivity index (χ0) is 80.8. The van der Waals surface area contributed by atoms with Gasteiger partial charge in [-0.05, 0) is 141 Å². The first-order valence-corrected chi connectivity index (χ1v) is 47.1. The molecule has 0 fully saturated rings. The minimum absolute atomic E-state index is 0.0910. The van der Waals surface area contributed by atoms with Gasteiger partial charge >= 0.3 is 33.6 Å². The van der Waals surface area contributed by atoms with Crippen LogP contribution in [-0.2, 0) is 55.8 Å². The summed E-state index contributed by atoms with van der Waals surface area (Å²) in [6, 6.07) is 0. The normalized spacial score (nSPS) is 14.5. The highest BCUT2D eigenvalue weighted by Gasteiger charge is 2.29. The van der Waals surface area contributed by atoms with Crippen LogP contribution in [0.1, 0.15) is 367 Å². The Labute approximate surface area is 677 Å². The zero-order valence-corrected chi connectivity index (χ0v) is 71.9. The molecule has 0 bridgehead atoms. The highest BCUT2D eigenvalue weighted by molar-refractivity contribution is 7.47. The average Bonchev–Trinajstić information content (AvgIpc) is 0.912. The first-order valence-electron chi connectivity index (χ1n) is 44.1. The van der Waals surface area contributed by atoms with Gasteiger partial charge in [-0.1, -0.05) is 353 Å². The minimum Gasteiger partial charge on any atom is -0.463 e. The highest BCUT2D eigenvalue weighted by atomic mass is 31.2. The second kappa shape index (κ2) is 84.8. The van der Waals surface area contributed by atoms with Crippen LogP contribution in [0.4, 0.5) is 0 Å². The lowest BCUT2D eigenvalue weighted by Crippen LogP contribution is -2.30. The molecule has 5 unspecified atom stereocenters. The Bertz CT molecular complexity index is 2600. The molecule has 18 heteroatoms. The summed E-state index contributed by atoms with van der Waals surface area (Å²) in [5.41, 5.74) is 0. The summed E-state index contributed by atoms with van der Waals surface area (Å²) in [6.45, 7) is 2.47. The zero-order valence-electron chi connectivity index (χ0n) is 70.1. The Morgan fingerprint density at radius 3 is 0.766 bits per heavy atom. The molecule has 0 aromatic heterocycles. The largest absolute Gasteiger partial charge is 0.472 e. The molecule has 0 heterocycles. The van der Waals surface area contributed by atoms with Crippen LogP contribution in [0.15, 0.2) is 146 Å². The molecule has 0 aromatic carbocycles. The van der Waals surface area contributed by atoms with E-state index in [0.717, 1.165) is 167 Å². The number of esters is 3. The third-order valence-corrected chi connectivity index (χ3v) is 20.4. The number of phosphoric ester groups is 2. The Balaban J connectivity index is 4.48. The van der Waals surface area contributed by atoms with Crippen molar-refractivity contribution in [3.05, 3.63) is 146 Å². The molecule has 5 atom stereocenters. The first-order chi connectivity index (χ1) is 54.2. The van der Waals surface area contributed by atoms with Crippen LogP contribution in [-0.4, -0.2) is 95.9 Å². The predicted octanol–water partition coefficient (Wildman–Crippen LogP) is 26.8. The predicted molar refractivity (Wildman–Crippen MR) is 463 cm³/mol. The highest BCUT2D eigenvalue weighted by Crippen LogP contribution is 2.45. The van der Waals surface area contributed by atoms with Gasteiger partial charge in [0.05, 0.1) is 26.4 Å². The number of phosphoric acid groups is 2. The summed E-state index contributed by atoms with van der Waals surface area (Å²) in [7, 11) is -9.80. The van der Waals surface area contributed by atoms with E-state index in [9.17, 15) is 43.5 Å². The minimum atomic E-state index is -4.94. The van der Waals surface area contributed by atoms with E-state index in [0.29, 0.717) is 19.3 Å². The third kappa shape index (κ3) is 86.1. The van der Waals surface area contributed by atoms with Gasteiger partial charge in [0, 0.05) is 19.3 Å². The van der Waals surface area contributed by atoms with Crippen LogP contribution in [0, 0.1) is 0 Å². The lowest BCUT2D eigenvalue weighted by Gasteiger charge is -2.21. The quantitative estimate of drug-likeness (QED) is 0.0146. The van der Waals surface area contributed by atoms with Crippen molar-refractivity contribution in [2.45, 2.75) is 386 Å². The van der Waals surface area contributed by atoms with Crippen LogP contribution >= 0.6 is 15.6 Å². The smallest absolute Gasteiger partial charge is 0.463 e. The Morgan fingerprint density at radius 2 is 0.477 bits per heavy atom. The van der Waals surface area contributed by atoms with E-state index in [-0.39, 0.29) is 19.3 Å². The summed E-state index contributed by atoms with van der Waals surface area (Å²) >= 11 is 0. The summed E-state index contributed by atoms with van der Waals surface area (Å²) in [4.78, 5) is 58.8. The molecule has 16 nitrogen and oxygen atoms in total. The van der Waals surface area contributed by atoms with Crippen molar-refractivity contribution < 1.29 is 75.8 Å². The standard InChI is InChI=1S/C93H160O16P2/c1-4-7-10-13-16-19-22-25-28-30-32-34-36-38-40-41-42-43-44-45-47-49-50-52-54-56-59-61-64-67-70-73-76-79-91(96)103-82-88(94)83-105-110(99,100)106-84-89(95)85-107-111(101,102)108-87-90(109-93(98)81-78-75-72-69-66-63-58-27-24-21-18-15-12-9-6-3)86-104-92(97)80-77-74-71-68-65-62-60-57-55-53-51-48-46-39-37-35-33-31-29-26-23-20-17-14-11-8-5-2/h7-8,10-11,16-17,19-20,25-29,32-35,38-40,46,51,53,58,88-90,94-95H,4-6,9,12-15,18,21-24,30-31,36-37,41-45,47-50,52,54-57,59-87H2,1-3H3,(H,99,100)(H,101,102)/b10-7-,11-8-,19-16-,20-17-,28-25-,29-26-,34-32-,35-33-,40-38-,46-39-,53-51-,58-27-. The molecular weight excluding hydrogens is 1430 g/mol. The molecule has 0 spiro atoms. The molecule has 638 valence electrons. The number of carbonyl (C=O) groups is 3. The summed E-state index contributed by atoms with van der Waals surface area (Å²) in [5.74, 6) is -1.58. The maximum absolute atomic E-state index is 13.0. The number of aliphatic hydroxyl groups excluding tert-OH is 2. The lowest BCUT2D eigenvalue weighted by atomic mass is 10.0. The fourth-order valence-corrected chi connectivity index (χ4v) is 13.5. The number of ether oxygens (including phenoxy) is 3. The van der Waals surface area contributed by atoms with Crippen molar-refractivity contribution in [3.8, 4) is 0 Å². The summed E-state index contributed by atoms with van der Waals surface area (Å²) in [5, 5.41) is 20.7. The van der Waals surface area contributed by atoms with E-state index in [2.05, 4.69) is 167 Å². The second-order valence-electron chi connectivity index (χ2n) is 29.3. The van der Waals surface area contributed by atoms with Crippen molar-refractivity contribution in [1.29, 1.82) is 0 Å². The van der Waals surface area contributed by atoms with Gasteiger partial charge < -0.3 is 34.2 Å². The first kappa shape index (κ1) is 106. The van der Waals surface area contributed by atoms with Gasteiger partial charge in [0.25, 0.3) is 0 Å². The number of carbonyl (C=O) groups excluding carboxylic acids is 3. The van der Waals surface area contributed by atoms with E-state index in [1.54, 1.807) is 0 Å². The molecule has 0 radical (unpaired) electrons. The van der Waals surface area contributed by atoms with Gasteiger partial charge in [-0.25, -0.2) is 9.13 Å². The SMILES string of the molecule is CC/C=C\C/C=C\C/C=C\C/C=C\C/C=C\C/C=C\CCCCCCCCCCC(=O)OCC(COP(=O)(O)OCC(O)COP(=O)(O)OCC(O)COC(=O)CCCCCCCCCCCCCCCCCCC/C=C\C/C=C\C/C=C\C/C=C\C/C=C\CC)OC(=O)CCCCCCC/C=C\CCCCCCCC. The molecule has 0 aliphatic rings. The molecule has 111 heavy (non-hydrogen) atoms. The molecule has 0 amide bonds. The number of allylic oxidation sites excluding steroid dienone is 24. The number of aliphatic hydroxyl groups is 2. The van der Waals surface area contributed by atoms with Crippen LogP contribution in [0.5, 0.6) is 0 Å². The van der Waals surface area contributed by atoms with Crippen molar-refractivity contribution in [1.82, 2.24) is 0 Å². The number of hydrogen-bond acceptors (Lipinski definition) is 14. The molecular formula is C93H160O16P2. The van der Waals surface area contributed by atoms with Crippen molar-refractivity contribution >= 4 is 33.6 Å². The van der Waals surface area contributed by atoms with Gasteiger partial charge in [-0.3, -0.25) is 32.5 Å². The Morgan fingerprint density at radius 1 is 0.261 bits per heavy atom. The van der Waals surface area contributed by atoms with E-state index >= 15 is 0 Å². The number of unbranched alkanes of at least 4 members (excludes halogenated alkanes) is 36. The Kier molecular flexibility index (Phi) is 81.3. The summed E-state index contributed by atoms with van der Waals surface area (Å²) < 4.78 is 61.3. The molecule has 0 aliphatic heterocycles. The van der Waals surface area contributed by atoms with Crippen LogP contribution < -0.4 is 0 Å². The average molecular weight is 1600 g/mol. The van der Waals surface area contributed by atoms with E-state index in [1.165, 1.54) is 141 Å². The maximum Gasteiger partial charge on any atom is 0.472 e. The monoisotopic (exact) mass is 1600 g/mol. The van der Waals surface area contributed by atoms with Gasteiger partial charge in [0.15, 0.2) is 6.10 Å². The number of rotatable bonds is 83. The molecule has 0 aliphatic carbocycles. The van der Waals surface area contributed by atoms with Crippen LogP contribution in [0.3, 0.4) is 0 Å². The van der Waals surface area contributed by atoms with Crippen molar-refractivity contribution in [2.75, 3.05) is 39.6 Å². The van der Waals surface area contributed by atoms with Crippen LogP contribution in [0.25, 0.3) is 0 Å². The molecule has 0 aromatic rings. The van der Waals surface area contributed by atoms with Gasteiger partial charge in [0.1, 0.15) is 25.4 Å². The van der Waals surface area contributed by atoms with Crippen LogP contribution in [0.2, 0.25) is 0 Å². The maximum atomic E-state index is 13.0. The molecule has 0 saturated carbocycles. The lowest BCUT2D eigenvalue weighted by molar-refractivity contribution is -0.161. The molecule has 0 saturated heterocycles. The number of hydrogen-bond donors (Lipinski definition) is 4.